The molecule has 0 aliphatic rings. The summed E-state index contributed by atoms with van der Waals surface area (Å²) in [7, 11) is 0. The van der Waals surface area contributed by atoms with Crippen molar-refractivity contribution in [2.45, 2.75) is 19.9 Å². The predicted octanol–water partition coefficient (Wildman–Crippen LogP) is 2.56. The van der Waals surface area contributed by atoms with Gasteiger partial charge in [-0.3, -0.25) is 0 Å². The summed E-state index contributed by atoms with van der Waals surface area (Å²) in [4.78, 5) is 0. The summed E-state index contributed by atoms with van der Waals surface area (Å²) in [5, 5.41) is 7.82. The summed E-state index contributed by atoms with van der Waals surface area (Å²) < 4.78 is 7.21. The van der Waals surface area contributed by atoms with Crippen LogP contribution in [0.25, 0.3) is 5.69 Å². The van der Waals surface area contributed by atoms with Gasteiger partial charge in [-0.05, 0) is 26.0 Å². The Balaban J connectivity index is 1.93. The van der Waals surface area contributed by atoms with Crippen LogP contribution >= 0.6 is 0 Å². The first-order chi connectivity index (χ1) is 9.31. The standard InChI is InChI=1S/C15H21N3O/c1-3-19-10-9-16-13(2)14-11-17-18(12-14)15-7-5-4-6-8-15/h4-8,11-13,16H,3,9-10H2,1-2H3. The molecular formula is C15H21N3O. The van der Waals surface area contributed by atoms with Crippen LogP contribution in [0.5, 0.6) is 0 Å². The number of hydrogen-bond acceptors (Lipinski definition) is 3. The Morgan fingerprint density at radius 2 is 2.11 bits per heavy atom. The van der Waals surface area contributed by atoms with Crippen molar-refractivity contribution in [1.82, 2.24) is 15.1 Å². The minimum atomic E-state index is 0.276. The normalized spacial score (nSPS) is 12.5. The molecule has 1 atom stereocenters. The van der Waals surface area contributed by atoms with Gasteiger partial charge < -0.3 is 10.1 Å². The van der Waals surface area contributed by atoms with Gasteiger partial charge in [0.1, 0.15) is 0 Å². The zero-order valence-corrected chi connectivity index (χ0v) is 11.5. The maximum absolute atomic E-state index is 5.31. The van der Waals surface area contributed by atoms with Crippen molar-refractivity contribution in [3.63, 3.8) is 0 Å². The number of nitrogens with zero attached hydrogens (tertiary/aromatic N) is 2. The summed E-state index contributed by atoms with van der Waals surface area (Å²) >= 11 is 0. The van der Waals surface area contributed by atoms with Crippen molar-refractivity contribution >= 4 is 0 Å². The lowest BCUT2D eigenvalue weighted by molar-refractivity contribution is 0.147. The van der Waals surface area contributed by atoms with Gasteiger partial charge in [0.15, 0.2) is 0 Å². The minimum Gasteiger partial charge on any atom is -0.380 e. The Morgan fingerprint density at radius 1 is 1.32 bits per heavy atom. The van der Waals surface area contributed by atoms with Gasteiger partial charge in [-0.1, -0.05) is 18.2 Å². The second-order valence-corrected chi connectivity index (χ2v) is 4.43. The number of aromatic nitrogens is 2. The highest BCUT2D eigenvalue weighted by atomic mass is 16.5. The van der Waals surface area contributed by atoms with Crippen LogP contribution in [0.3, 0.4) is 0 Å². The first kappa shape index (κ1) is 13.8. The maximum Gasteiger partial charge on any atom is 0.0645 e. The van der Waals surface area contributed by atoms with Gasteiger partial charge in [-0.15, -0.1) is 0 Å². The highest BCUT2D eigenvalue weighted by Crippen LogP contribution is 2.13. The fourth-order valence-corrected chi connectivity index (χ4v) is 1.89. The lowest BCUT2D eigenvalue weighted by Gasteiger charge is -2.11. The van der Waals surface area contributed by atoms with E-state index in [9.17, 15) is 0 Å². The number of benzene rings is 1. The highest BCUT2D eigenvalue weighted by Gasteiger charge is 2.07. The summed E-state index contributed by atoms with van der Waals surface area (Å²) in [5.41, 5.74) is 2.26. The molecule has 1 heterocycles. The number of hydrogen-bond donors (Lipinski definition) is 1. The summed E-state index contributed by atoms with van der Waals surface area (Å²) in [5.74, 6) is 0. The van der Waals surface area contributed by atoms with Gasteiger partial charge >= 0.3 is 0 Å². The van der Waals surface area contributed by atoms with Gasteiger partial charge in [0.2, 0.25) is 0 Å². The van der Waals surface area contributed by atoms with E-state index >= 15 is 0 Å². The first-order valence-electron chi connectivity index (χ1n) is 6.72. The van der Waals surface area contributed by atoms with Gasteiger partial charge in [-0.25, -0.2) is 4.68 Å². The fraction of sp³-hybridized carbons (Fsp3) is 0.400. The number of rotatable bonds is 7. The van der Waals surface area contributed by atoms with Crippen LogP contribution < -0.4 is 5.32 Å². The average Bonchev–Trinajstić information content (AvgIpc) is 2.94. The Kier molecular flexibility index (Phi) is 5.12. The Morgan fingerprint density at radius 3 is 2.84 bits per heavy atom. The topological polar surface area (TPSA) is 39.1 Å². The predicted molar refractivity (Wildman–Crippen MR) is 76.5 cm³/mol. The molecular weight excluding hydrogens is 238 g/mol. The SMILES string of the molecule is CCOCCNC(C)c1cnn(-c2ccccc2)c1. The molecule has 1 aromatic carbocycles. The van der Waals surface area contributed by atoms with E-state index in [0.29, 0.717) is 0 Å². The van der Waals surface area contributed by atoms with Gasteiger partial charge in [-0.2, -0.15) is 5.10 Å². The molecule has 0 amide bonds. The van der Waals surface area contributed by atoms with E-state index in [1.165, 1.54) is 5.56 Å². The molecule has 0 saturated carbocycles. The molecule has 0 saturated heterocycles. The van der Waals surface area contributed by atoms with E-state index in [0.717, 1.165) is 25.4 Å². The Bertz CT molecular complexity index is 481. The molecule has 4 nitrogen and oxygen atoms in total. The van der Waals surface area contributed by atoms with E-state index in [-0.39, 0.29) is 6.04 Å². The Labute approximate surface area is 114 Å². The van der Waals surface area contributed by atoms with E-state index in [2.05, 4.69) is 23.5 Å². The Hall–Kier alpha value is -1.65. The largest absolute Gasteiger partial charge is 0.380 e. The average molecular weight is 259 g/mol. The lowest BCUT2D eigenvalue weighted by atomic mass is 10.2. The van der Waals surface area contributed by atoms with Crippen molar-refractivity contribution in [1.29, 1.82) is 0 Å². The second kappa shape index (κ2) is 7.07. The van der Waals surface area contributed by atoms with Crippen molar-refractivity contribution in [3.8, 4) is 5.69 Å². The molecule has 0 bridgehead atoms. The van der Waals surface area contributed by atoms with E-state index in [1.807, 2.05) is 48.1 Å². The number of para-hydroxylation sites is 1. The molecule has 1 unspecified atom stereocenters. The van der Waals surface area contributed by atoms with Crippen LogP contribution in [0.2, 0.25) is 0 Å². The van der Waals surface area contributed by atoms with E-state index < -0.39 is 0 Å². The van der Waals surface area contributed by atoms with Crippen molar-refractivity contribution < 1.29 is 4.74 Å². The third-order valence-electron chi connectivity index (χ3n) is 3.02. The molecule has 1 aromatic heterocycles. The zero-order valence-electron chi connectivity index (χ0n) is 11.5. The van der Waals surface area contributed by atoms with Gasteiger partial charge in [0, 0.05) is 31.0 Å². The molecule has 0 aliphatic carbocycles. The summed E-state index contributed by atoms with van der Waals surface area (Å²) in [6.45, 7) is 6.51. The molecule has 4 heteroatoms. The molecule has 0 radical (unpaired) electrons. The van der Waals surface area contributed by atoms with Crippen LogP contribution in [0.1, 0.15) is 25.5 Å². The summed E-state index contributed by atoms with van der Waals surface area (Å²) in [6.07, 6.45) is 3.97. The van der Waals surface area contributed by atoms with Crippen LogP contribution in [-0.2, 0) is 4.74 Å². The van der Waals surface area contributed by atoms with Crippen molar-refractivity contribution in [2.75, 3.05) is 19.8 Å². The first-order valence-corrected chi connectivity index (χ1v) is 6.72. The molecule has 0 fully saturated rings. The summed E-state index contributed by atoms with van der Waals surface area (Å²) in [6, 6.07) is 10.4. The fourth-order valence-electron chi connectivity index (χ4n) is 1.89. The zero-order chi connectivity index (χ0) is 13.5. The third kappa shape index (κ3) is 3.91. The lowest BCUT2D eigenvalue weighted by Crippen LogP contribution is -2.23. The molecule has 19 heavy (non-hydrogen) atoms. The van der Waals surface area contributed by atoms with Crippen LogP contribution in [0, 0.1) is 0 Å². The monoisotopic (exact) mass is 259 g/mol. The minimum absolute atomic E-state index is 0.276. The molecule has 1 N–H and O–H groups in total. The number of ether oxygens (including phenoxy) is 1. The van der Waals surface area contributed by atoms with Crippen molar-refractivity contribution in [3.05, 3.63) is 48.3 Å². The smallest absolute Gasteiger partial charge is 0.0645 e. The second-order valence-electron chi connectivity index (χ2n) is 4.43. The number of nitrogens with one attached hydrogen (secondary N) is 1. The van der Waals surface area contributed by atoms with Crippen molar-refractivity contribution in [2.24, 2.45) is 0 Å². The van der Waals surface area contributed by atoms with Crippen LogP contribution in [0.15, 0.2) is 42.7 Å². The quantitative estimate of drug-likeness (QED) is 0.777. The molecule has 0 spiro atoms. The highest BCUT2D eigenvalue weighted by molar-refractivity contribution is 5.31. The molecule has 102 valence electrons. The van der Waals surface area contributed by atoms with Gasteiger partial charge in [0.05, 0.1) is 18.5 Å². The molecule has 2 rings (SSSR count). The molecule has 2 aromatic rings. The third-order valence-corrected chi connectivity index (χ3v) is 3.02. The van der Waals surface area contributed by atoms with Crippen LogP contribution in [-0.4, -0.2) is 29.5 Å². The van der Waals surface area contributed by atoms with E-state index in [1.54, 1.807) is 0 Å². The molecule has 0 aliphatic heterocycles. The maximum atomic E-state index is 5.31. The van der Waals surface area contributed by atoms with E-state index in [4.69, 9.17) is 4.74 Å². The van der Waals surface area contributed by atoms with Gasteiger partial charge in [0.25, 0.3) is 0 Å². The van der Waals surface area contributed by atoms with Crippen LogP contribution in [0.4, 0.5) is 0 Å².